The number of ether oxygens (including phenoxy) is 3. The first-order chi connectivity index (χ1) is 15.5. The van der Waals surface area contributed by atoms with E-state index in [2.05, 4.69) is 12.2 Å². The molecule has 1 amide bonds. The average Bonchev–Trinajstić information content (AvgIpc) is 2.81. The lowest BCUT2D eigenvalue weighted by atomic mass is 9.73. The standard InChI is InChI=1S/C26H29NO5/c1-4-11-32-18-7-5-16(6-8-18)21-15-25(29)27-22-12-17(13-23(28)26(21)22)20-14-19(30-2)9-10-24(20)31-3/h5-10,14,17,21H,4,11-13,15H2,1-3H3,(H,27,29). The molecule has 0 fully saturated rings. The molecule has 168 valence electrons. The van der Waals surface area contributed by atoms with E-state index >= 15 is 0 Å². The third-order valence-electron chi connectivity index (χ3n) is 6.17. The molecule has 2 unspecified atom stereocenters. The SMILES string of the molecule is CCCOc1ccc(C2CC(=O)NC3=C2C(=O)CC(c2cc(OC)ccc2OC)C3)cc1. The fraction of sp³-hybridized carbons (Fsp3) is 0.385. The molecule has 1 heterocycles. The second-order valence-electron chi connectivity index (χ2n) is 8.25. The number of methoxy groups -OCH3 is 2. The van der Waals surface area contributed by atoms with E-state index in [1.807, 2.05) is 42.5 Å². The number of Topliss-reactive ketones (excluding diaryl/α,β-unsaturated/α-hetero) is 1. The molecule has 0 aromatic heterocycles. The largest absolute Gasteiger partial charge is 0.497 e. The molecule has 1 aliphatic carbocycles. The molecule has 0 bridgehead atoms. The minimum absolute atomic E-state index is 0.0638. The molecular formula is C26H29NO5. The van der Waals surface area contributed by atoms with Gasteiger partial charge in [-0.3, -0.25) is 9.59 Å². The molecule has 6 heteroatoms. The van der Waals surface area contributed by atoms with Crippen LogP contribution in [0.25, 0.3) is 0 Å². The molecule has 6 nitrogen and oxygen atoms in total. The maximum atomic E-state index is 13.4. The van der Waals surface area contributed by atoms with Crippen molar-refractivity contribution < 1.29 is 23.8 Å². The van der Waals surface area contributed by atoms with Crippen molar-refractivity contribution >= 4 is 11.7 Å². The molecule has 32 heavy (non-hydrogen) atoms. The average molecular weight is 436 g/mol. The first kappa shape index (κ1) is 21.9. The Hall–Kier alpha value is -3.28. The molecule has 4 rings (SSSR count). The van der Waals surface area contributed by atoms with Gasteiger partial charge in [0.25, 0.3) is 0 Å². The van der Waals surface area contributed by atoms with Crippen molar-refractivity contribution in [1.29, 1.82) is 0 Å². The van der Waals surface area contributed by atoms with Crippen molar-refractivity contribution in [2.24, 2.45) is 0 Å². The van der Waals surface area contributed by atoms with Crippen LogP contribution in [0, 0.1) is 0 Å². The fourth-order valence-corrected chi connectivity index (χ4v) is 4.64. The number of carbonyl (C=O) groups excluding carboxylic acids is 2. The molecular weight excluding hydrogens is 406 g/mol. The monoisotopic (exact) mass is 435 g/mol. The van der Waals surface area contributed by atoms with Gasteiger partial charge in [0.15, 0.2) is 5.78 Å². The number of hydrogen-bond donors (Lipinski definition) is 1. The fourth-order valence-electron chi connectivity index (χ4n) is 4.64. The van der Waals surface area contributed by atoms with E-state index in [0.717, 1.165) is 34.6 Å². The third kappa shape index (κ3) is 4.35. The van der Waals surface area contributed by atoms with E-state index in [0.29, 0.717) is 30.9 Å². The highest BCUT2D eigenvalue weighted by molar-refractivity contribution is 6.02. The Morgan fingerprint density at radius 3 is 2.38 bits per heavy atom. The zero-order chi connectivity index (χ0) is 22.7. The maximum absolute atomic E-state index is 13.4. The van der Waals surface area contributed by atoms with Gasteiger partial charge in [-0.25, -0.2) is 0 Å². The van der Waals surface area contributed by atoms with E-state index in [1.165, 1.54) is 0 Å². The molecule has 0 saturated carbocycles. The van der Waals surface area contributed by atoms with Crippen molar-refractivity contribution in [3.8, 4) is 17.2 Å². The van der Waals surface area contributed by atoms with Gasteiger partial charge < -0.3 is 19.5 Å². The van der Waals surface area contributed by atoms with Gasteiger partial charge in [0, 0.05) is 41.5 Å². The summed E-state index contributed by atoms with van der Waals surface area (Å²) in [5.74, 6) is 1.90. The Labute approximate surface area is 188 Å². The molecule has 0 radical (unpaired) electrons. The zero-order valence-electron chi connectivity index (χ0n) is 18.8. The van der Waals surface area contributed by atoms with Crippen LogP contribution in [0.5, 0.6) is 17.2 Å². The lowest BCUT2D eigenvalue weighted by Crippen LogP contribution is -2.38. The van der Waals surface area contributed by atoms with Crippen molar-refractivity contribution in [2.75, 3.05) is 20.8 Å². The van der Waals surface area contributed by atoms with E-state index in [9.17, 15) is 9.59 Å². The Morgan fingerprint density at radius 1 is 0.938 bits per heavy atom. The number of benzene rings is 2. The molecule has 0 spiro atoms. The van der Waals surface area contributed by atoms with Crippen LogP contribution in [-0.2, 0) is 9.59 Å². The van der Waals surface area contributed by atoms with Crippen LogP contribution in [0.2, 0.25) is 0 Å². The Balaban J connectivity index is 1.65. The van der Waals surface area contributed by atoms with Crippen LogP contribution in [0.1, 0.15) is 55.6 Å². The van der Waals surface area contributed by atoms with Crippen LogP contribution >= 0.6 is 0 Å². The summed E-state index contributed by atoms with van der Waals surface area (Å²) in [6.45, 7) is 2.72. The van der Waals surface area contributed by atoms with Crippen LogP contribution in [0.15, 0.2) is 53.7 Å². The number of allylic oxidation sites excluding steroid dienone is 2. The van der Waals surface area contributed by atoms with Gasteiger partial charge in [-0.1, -0.05) is 19.1 Å². The first-order valence-electron chi connectivity index (χ1n) is 11.0. The Kier molecular flexibility index (Phi) is 6.49. The lowest BCUT2D eigenvalue weighted by Gasteiger charge is -2.35. The summed E-state index contributed by atoms with van der Waals surface area (Å²) in [7, 11) is 3.23. The summed E-state index contributed by atoms with van der Waals surface area (Å²) >= 11 is 0. The number of carbonyl (C=O) groups is 2. The van der Waals surface area contributed by atoms with Crippen molar-refractivity contribution in [1.82, 2.24) is 5.32 Å². The molecule has 1 aliphatic heterocycles. The van der Waals surface area contributed by atoms with E-state index in [1.54, 1.807) is 14.2 Å². The van der Waals surface area contributed by atoms with Crippen LogP contribution in [-0.4, -0.2) is 32.5 Å². The minimum Gasteiger partial charge on any atom is -0.497 e. The number of nitrogens with one attached hydrogen (secondary N) is 1. The number of amides is 1. The Bertz CT molecular complexity index is 1040. The van der Waals surface area contributed by atoms with Crippen molar-refractivity contribution in [2.45, 2.75) is 44.4 Å². The molecule has 2 aromatic rings. The molecule has 2 aromatic carbocycles. The summed E-state index contributed by atoms with van der Waals surface area (Å²) in [6.07, 6.45) is 2.15. The van der Waals surface area contributed by atoms with Gasteiger partial charge in [0.05, 0.1) is 20.8 Å². The molecule has 2 atom stereocenters. The van der Waals surface area contributed by atoms with Crippen molar-refractivity contribution in [3.63, 3.8) is 0 Å². The predicted octanol–water partition coefficient (Wildman–Crippen LogP) is 4.50. The van der Waals surface area contributed by atoms with Gasteiger partial charge in [-0.2, -0.15) is 0 Å². The minimum atomic E-state index is -0.236. The maximum Gasteiger partial charge on any atom is 0.225 e. The highest BCUT2D eigenvalue weighted by Gasteiger charge is 2.38. The summed E-state index contributed by atoms with van der Waals surface area (Å²) in [5, 5.41) is 2.98. The normalized spacial score (nSPS) is 20.5. The summed E-state index contributed by atoms with van der Waals surface area (Å²) in [6, 6.07) is 13.4. The highest BCUT2D eigenvalue weighted by atomic mass is 16.5. The third-order valence-corrected chi connectivity index (χ3v) is 6.17. The van der Waals surface area contributed by atoms with E-state index in [-0.39, 0.29) is 29.9 Å². The molecule has 1 N–H and O–H groups in total. The second kappa shape index (κ2) is 9.47. The number of rotatable bonds is 7. The van der Waals surface area contributed by atoms with Crippen LogP contribution in [0.3, 0.4) is 0 Å². The van der Waals surface area contributed by atoms with Gasteiger partial charge in [0.2, 0.25) is 5.91 Å². The topological polar surface area (TPSA) is 73.9 Å². The quantitative estimate of drug-likeness (QED) is 0.693. The number of hydrogen-bond acceptors (Lipinski definition) is 5. The number of ketones is 1. The first-order valence-corrected chi connectivity index (χ1v) is 11.0. The van der Waals surface area contributed by atoms with Gasteiger partial charge in [-0.15, -0.1) is 0 Å². The summed E-state index contributed by atoms with van der Waals surface area (Å²) < 4.78 is 16.6. The van der Waals surface area contributed by atoms with Gasteiger partial charge in [0.1, 0.15) is 17.2 Å². The summed E-state index contributed by atoms with van der Waals surface area (Å²) in [5.41, 5.74) is 3.33. The van der Waals surface area contributed by atoms with E-state index in [4.69, 9.17) is 14.2 Å². The van der Waals surface area contributed by atoms with Crippen LogP contribution in [0.4, 0.5) is 0 Å². The highest BCUT2D eigenvalue weighted by Crippen LogP contribution is 2.45. The smallest absolute Gasteiger partial charge is 0.225 e. The van der Waals surface area contributed by atoms with Crippen molar-refractivity contribution in [3.05, 3.63) is 64.9 Å². The van der Waals surface area contributed by atoms with Crippen LogP contribution < -0.4 is 19.5 Å². The molecule has 0 saturated heterocycles. The lowest BCUT2D eigenvalue weighted by molar-refractivity contribution is -0.122. The summed E-state index contributed by atoms with van der Waals surface area (Å²) in [4.78, 5) is 25.9. The van der Waals surface area contributed by atoms with Gasteiger partial charge in [-0.05, 0) is 48.7 Å². The van der Waals surface area contributed by atoms with E-state index < -0.39 is 0 Å². The molecule has 2 aliphatic rings. The predicted molar refractivity (Wildman–Crippen MR) is 121 cm³/mol. The second-order valence-corrected chi connectivity index (χ2v) is 8.25. The van der Waals surface area contributed by atoms with Gasteiger partial charge >= 0.3 is 0 Å². The zero-order valence-corrected chi connectivity index (χ0v) is 18.8. The Morgan fingerprint density at radius 2 is 1.69 bits per heavy atom.